The normalized spacial score (nSPS) is 11.4. The van der Waals surface area contributed by atoms with E-state index in [-0.39, 0.29) is 18.4 Å². The molecule has 156 valence electrons. The number of hydrogen-bond acceptors (Lipinski definition) is 4. The van der Waals surface area contributed by atoms with Gasteiger partial charge in [0.05, 0.1) is 7.11 Å². The highest BCUT2D eigenvalue weighted by atomic mass is 16.5. The number of rotatable bonds is 10. The fourth-order valence-corrected chi connectivity index (χ4v) is 2.89. The highest BCUT2D eigenvalue weighted by Crippen LogP contribution is 2.18. The lowest BCUT2D eigenvalue weighted by molar-refractivity contribution is -0.142. The Labute approximate surface area is 172 Å². The molecule has 1 N–H and O–H groups in total. The molecule has 0 saturated carbocycles. The maximum absolute atomic E-state index is 12.9. The molecule has 0 aliphatic rings. The zero-order chi connectivity index (χ0) is 21.2. The molecule has 29 heavy (non-hydrogen) atoms. The number of nitrogens with zero attached hydrogens (tertiary/aromatic N) is 1. The first-order chi connectivity index (χ1) is 13.9. The Balaban J connectivity index is 2.11. The Morgan fingerprint density at radius 2 is 1.79 bits per heavy atom. The first kappa shape index (κ1) is 22.3. The van der Waals surface area contributed by atoms with E-state index in [1.165, 1.54) is 0 Å². The van der Waals surface area contributed by atoms with Gasteiger partial charge in [0.2, 0.25) is 5.91 Å². The van der Waals surface area contributed by atoms with E-state index < -0.39 is 6.04 Å². The molecule has 6 nitrogen and oxygen atoms in total. The summed E-state index contributed by atoms with van der Waals surface area (Å²) in [5.41, 5.74) is 2.07. The molecule has 1 unspecified atom stereocenters. The average molecular weight is 399 g/mol. The lowest BCUT2D eigenvalue weighted by atomic mass is 10.1. The van der Waals surface area contributed by atoms with Gasteiger partial charge in [-0.15, -0.1) is 0 Å². The standard InChI is InChI=1S/C23H30N2O4/c1-5-13-24-23(27)18(3)25(15-19-8-6-7-17(2)14-19)22(26)16-29-21-11-9-20(28-4)10-12-21/h6-12,14,18H,5,13,15-16H2,1-4H3,(H,24,27). The number of carbonyl (C=O) groups excluding carboxylic acids is 2. The Morgan fingerprint density at radius 1 is 1.10 bits per heavy atom. The summed E-state index contributed by atoms with van der Waals surface area (Å²) in [7, 11) is 1.59. The van der Waals surface area contributed by atoms with Crippen molar-refractivity contribution in [2.75, 3.05) is 20.3 Å². The van der Waals surface area contributed by atoms with Gasteiger partial charge in [-0.05, 0) is 50.1 Å². The van der Waals surface area contributed by atoms with Gasteiger partial charge in [0.1, 0.15) is 17.5 Å². The average Bonchev–Trinajstić information content (AvgIpc) is 2.74. The van der Waals surface area contributed by atoms with E-state index in [1.54, 1.807) is 43.2 Å². The van der Waals surface area contributed by atoms with Gasteiger partial charge in [-0.2, -0.15) is 0 Å². The highest BCUT2D eigenvalue weighted by Gasteiger charge is 2.26. The summed E-state index contributed by atoms with van der Waals surface area (Å²) in [5.74, 6) is 0.863. The topological polar surface area (TPSA) is 67.9 Å². The molecule has 0 heterocycles. The van der Waals surface area contributed by atoms with Gasteiger partial charge in [0, 0.05) is 13.1 Å². The molecular weight excluding hydrogens is 368 g/mol. The molecule has 2 rings (SSSR count). The summed E-state index contributed by atoms with van der Waals surface area (Å²) in [6.45, 7) is 6.50. The molecule has 0 aliphatic carbocycles. The maximum Gasteiger partial charge on any atom is 0.261 e. The Hall–Kier alpha value is -3.02. The lowest BCUT2D eigenvalue weighted by Crippen LogP contribution is -2.49. The van der Waals surface area contributed by atoms with Crippen LogP contribution in [0.25, 0.3) is 0 Å². The third kappa shape index (κ3) is 6.82. The fraction of sp³-hybridized carbons (Fsp3) is 0.391. The van der Waals surface area contributed by atoms with Crippen molar-refractivity contribution < 1.29 is 19.1 Å². The van der Waals surface area contributed by atoms with E-state index in [2.05, 4.69) is 5.32 Å². The van der Waals surface area contributed by atoms with Crippen LogP contribution in [0, 0.1) is 6.92 Å². The number of carbonyl (C=O) groups is 2. The van der Waals surface area contributed by atoms with Gasteiger partial charge >= 0.3 is 0 Å². The van der Waals surface area contributed by atoms with Crippen molar-refractivity contribution in [2.24, 2.45) is 0 Å². The number of hydrogen-bond donors (Lipinski definition) is 1. The van der Waals surface area contributed by atoms with Crippen molar-refractivity contribution in [3.8, 4) is 11.5 Å². The molecular formula is C23H30N2O4. The Morgan fingerprint density at radius 3 is 2.41 bits per heavy atom. The van der Waals surface area contributed by atoms with E-state index in [0.717, 1.165) is 17.5 Å². The molecule has 0 bridgehead atoms. The number of nitrogens with one attached hydrogen (secondary N) is 1. The summed E-state index contributed by atoms with van der Waals surface area (Å²) < 4.78 is 10.8. The molecule has 0 fully saturated rings. The largest absolute Gasteiger partial charge is 0.497 e. The number of methoxy groups -OCH3 is 1. The van der Waals surface area contributed by atoms with Gasteiger partial charge in [-0.3, -0.25) is 9.59 Å². The second-order valence-electron chi connectivity index (χ2n) is 6.94. The smallest absolute Gasteiger partial charge is 0.261 e. The zero-order valence-corrected chi connectivity index (χ0v) is 17.6. The molecule has 1 atom stereocenters. The molecule has 2 aromatic rings. The molecule has 2 aromatic carbocycles. The van der Waals surface area contributed by atoms with Gasteiger partial charge in [0.15, 0.2) is 6.61 Å². The van der Waals surface area contributed by atoms with Crippen LogP contribution in [0.15, 0.2) is 48.5 Å². The van der Waals surface area contributed by atoms with Crippen LogP contribution in [0.3, 0.4) is 0 Å². The molecule has 0 aromatic heterocycles. The van der Waals surface area contributed by atoms with E-state index in [9.17, 15) is 9.59 Å². The number of amides is 2. The van der Waals surface area contributed by atoms with Crippen molar-refractivity contribution in [3.05, 3.63) is 59.7 Å². The molecule has 0 spiro atoms. The SMILES string of the molecule is CCCNC(=O)C(C)N(Cc1cccc(C)c1)C(=O)COc1ccc(OC)cc1. The van der Waals surface area contributed by atoms with E-state index in [1.807, 2.05) is 38.1 Å². The van der Waals surface area contributed by atoms with Crippen LogP contribution in [-0.2, 0) is 16.1 Å². The van der Waals surface area contributed by atoms with Crippen molar-refractivity contribution >= 4 is 11.8 Å². The number of benzene rings is 2. The molecule has 0 saturated heterocycles. The molecule has 2 amide bonds. The van der Waals surface area contributed by atoms with E-state index >= 15 is 0 Å². The minimum atomic E-state index is -0.603. The van der Waals surface area contributed by atoms with E-state index in [4.69, 9.17) is 9.47 Å². The Bertz CT molecular complexity index is 805. The quantitative estimate of drug-likeness (QED) is 0.667. The summed E-state index contributed by atoms with van der Waals surface area (Å²) in [6, 6.07) is 14.3. The molecule has 0 aliphatic heterocycles. The van der Waals surface area contributed by atoms with Crippen molar-refractivity contribution in [3.63, 3.8) is 0 Å². The Kier molecular flexibility index (Phi) is 8.52. The predicted molar refractivity (Wildman–Crippen MR) is 113 cm³/mol. The highest BCUT2D eigenvalue weighted by molar-refractivity contribution is 5.87. The van der Waals surface area contributed by atoms with Crippen LogP contribution in [0.5, 0.6) is 11.5 Å². The number of ether oxygens (including phenoxy) is 2. The maximum atomic E-state index is 12.9. The molecule has 6 heteroatoms. The summed E-state index contributed by atoms with van der Waals surface area (Å²) in [5, 5.41) is 2.86. The second kappa shape index (κ2) is 11.1. The lowest BCUT2D eigenvalue weighted by Gasteiger charge is -2.29. The van der Waals surface area contributed by atoms with Gasteiger partial charge in [-0.25, -0.2) is 0 Å². The van der Waals surface area contributed by atoms with Crippen LogP contribution in [0.4, 0.5) is 0 Å². The predicted octanol–water partition coefficient (Wildman–Crippen LogP) is 3.33. The van der Waals surface area contributed by atoms with Gasteiger partial charge < -0.3 is 19.7 Å². The molecule has 0 radical (unpaired) electrons. The summed E-state index contributed by atoms with van der Waals surface area (Å²) in [6.07, 6.45) is 0.838. The fourth-order valence-electron chi connectivity index (χ4n) is 2.89. The van der Waals surface area contributed by atoms with Gasteiger partial charge in [-0.1, -0.05) is 36.8 Å². The summed E-state index contributed by atoms with van der Waals surface area (Å²) >= 11 is 0. The van der Waals surface area contributed by atoms with E-state index in [0.29, 0.717) is 24.6 Å². The summed E-state index contributed by atoms with van der Waals surface area (Å²) in [4.78, 5) is 27.0. The number of aryl methyl sites for hydroxylation is 1. The van der Waals surface area contributed by atoms with Crippen LogP contribution in [0.2, 0.25) is 0 Å². The zero-order valence-electron chi connectivity index (χ0n) is 17.6. The second-order valence-corrected chi connectivity index (χ2v) is 6.94. The first-order valence-corrected chi connectivity index (χ1v) is 9.84. The van der Waals surface area contributed by atoms with Crippen LogP contribution in [0.1, 0.15) is 31.4 Å². The van der Waals surface area contributed by atoms with Crippen LogP contribution in [-0.4, -0.2) is 43.0 Å². The van der Waals surface area contributed by atoms with Crippen molar-refractivity contribution in [1.29, 1.82) is 0 Å². The van der Waals surface area contributed by atoms with Crippen LogP contribution < -0.4 is 14.8 Å². The monoisotopic (exact) mass is 398 g/mol. The minimum absolute atomic E-state index is 0.149. The first-order valence-electron chi connectivity index (χ1n) is 9.84. The van der Waals surface area contributed by atoms with Gasteiger partial charge in [0.25, 0.3) is 5.91 Å². The van der Waals surface area contributed by atoms with Crippen molar-refractivity contribution in [1.82, 2.24) is 10.2 Å². The van der Waals surface area contributed by atoms with Crippen molar-refractivity contribution in [2.45, 2.75) is 39.8 Å². The third-order valence-corrected chi connectivity index (χ3v) is 4.57. The van der Waals surface area contributed by atoms with Crippen LogP contribution >= 0.6 is 0 Å². The minimum Gasteiger partial charge on any atom is -0.497 e. The third-order valence-electron chi connectivity index (χ3n) is 4.57.